The molecule has 3 rings (SSSR count). The molecule has 0 atom stereocenters. The fourth-order valence-electron chi connectivity index (χ4n) is 2.41. The van der Waals surface area contributed by atoms with E-state index in [1.807, 2.05) is 12.1 Å². The van der Waals surface area contributed by atoms with Crippen molar-refractivity contribution < 1.29 is 13.2 Å². The van der Waals surface area contributed by atoms with Gasteiger partial charge in [0.2, 0.25) is 0 Å². The van der Waals surface area contributed by atoms with Gasteiger partial charge in [0.25, 0.3) is 0 Å². The number of benzene rings is 2. The number of nitrogens with two attached hydrogens (primary N) is 1. The molecule has 0 radical (unpaired) electrons. The average molecular weight is 328 g/mol. The number of anilines is 1. The van der Waals surface area contributed by atoms with Crippen LogP contribution in [0.25, 0.3) is 16.8 Å². The van der Waals surface area contributed by atoms with E-state index in [1.165, 1.54) is 16.8 Å². The van der Waals surface area contributed by atoms with Crippen molar-refractivity contribution in [2.24, 2.45) is 0 Å². The number of halogens is 3. The molecule has 0 aliphatic rings. The Morgan fingerprint density at radius 1 is 1.04 bits per heavy atom. The van der Waals surface area contributed by atoms with Crippen LogP contribution in [0.1, 0.15) is 11.3 Å². The molecule has 0 saturated carbocycles. The molecular weight excluding hydrogens is 317 g/mol. The number of hydrogen-bond acceptors (Lipinski definition) is 3. The molecule has 1 aromatic heterocycles. The zero-order valence-corrected chi connectivity index (χ0v) is 12.2. The van der Waals surface area contributed by atoms with E-state index in [0.29, 0.717) is 5.69 Å². The Hall–Kier alpha value is -3.27. The molecule has 0 amide bonds. The van der Waals surface area contributed by atoms with Crippen LogP contribution in [0.4, 0.5) is 19.0 Å². The molecule has 3 aromatic rings. The number of nitrogens with zero attached hydrogens (tertiary/aromatic N) is 3. The van der Waals surface area contributed by atoms with Gasteiger partial charge in [-0.25, -0.2) is 4.68 Å². The Morgan fingerprint density at radius 3 is 2.38 bits per heavy atom. The molecule has 4 nitrogen and oxygen atoms in total. The second-order valence-electron chi connectivity index (χ2n) is 5.05. The highest BCUT2D eigenvalue weighted by atomic mass is 19.4. The molecule has 120 valence electrons. The minimum absolute atomic E-state index is 0.0318. The molecule has 0 fully saturated rings. The van der Waals surface area contributed by atoms with Crippen molar-refractivity contribution in [2.45, 2.75) is 6.18 Å². The van der Waals surface area contributed by atoms with Crippen molar-refractivity contribution in [3.05, 3.63) is 65.9 Å². The van der Waals surface area contributed by atoms with E-state index in [1.54, 1.807) is 24.3 Å². The maximum absolute atomic E-state index is 12.9. The van der Waals surface area contributed by atoms with E-state index in [4.69, 9.17) is 5.73 Å². The summed E-state index contributed by atoms with van der Waals surface area (Å²) >= 11 is 0. The van der Waals surface area contributed by atoms with E-state index in [-0.39, 0.29) is 22.6 Å². The first-order valence-electron chi connectivity index (χ1n) is 6.93. The summed E-state index contributed by atoms with van der Waals surface area (Å²) < 4.78 is 40.1. The van der Waals surface area contributed by atoms with Gasteiger partial charge in [-0.3, -0.25) is 0 Å². The molecular formula is C17H11F3N4. The van der Waals surface area contributed by atoms with Gasteiger partial charge in [0.05, 0.1) is 16.8 Å². The minimum Gasteiger partial charge on any atom is -0.383 e. The van der Waals surface area contributed by atoms with Gasteiger partial charge in [0.15, 0.2) is 5.69 Å². The molecule has 0 unspecified atom stereocenters. The first-order chi connectivity index (χ1) is 11.4. The Balaban J connectivity index is 2.19. The van der Waals surface area contributed by atoms with Crippen LogP contribution in [0.3, 0.4) is 0 Å². The molecule has 7 heteroatoms. The summed E-state index contributed by atoms with van der Waals surface area (Å²) in [5.41, 5.74) is 6.23. The van der Waals surface area contributed by atoms with Gasteiger partial charge in [-0.2, -0.15) is 23.5 Å². The van der Waals surface area contributed by atoms with Gasteiger partial charge in [-0.1, -0.05) is 30.3 Å². The van der Waals surface area contributed by atoms with Crippen LogP contribution < -0.4 is 5.73 Å². The summed E-state index contributed by atoms with van der Waals surface area (Å²) in [5.74, 6) is 0.108. The molecule has 24 heavy (non-hydrogen) atoms. The summed E-state index contributed by atoms with van der Waals surface area (Å²) in [6.45, 7) is 0. The molecule has 0 saturated heterocycles. The maximum atomic E-state index is 12.9. The molecule has 0 aliphatic carbocycles. The third-order valence-corrected chi connectivity index (χ3v) is 3.51. The van der Waals surface area contributed by atoms with Crippen LogP contribution >= 0.6 is 0 Å². The van der Waals surface area contributed by atoms with E-state index in [0.717, 1.165) is 12.1 Å². The van der Waals surface area contributed by atoms with Crippen LogP contribution in [-0.4, -0.2) is 9.78 Å². The number of hydrogen-bond donors (Lipinski definition) is 1. The zero-order chi connectivity index (χ0) is 17.3. The summed E-state index contributed by atoms with van der Waals surface area (Å²) in [5, 5.41) is 13.4. The average Bonchev–Trinajstić information content (AvgIpc) is 2.91. The van der Waals surface area contributed by atoms with Crippen molar-refractivity contribution in [2.75, 3.05) is 5.73 Å². The third kappa shape index (κ3) is 2.70. The molecule has 0 spiro atoms. The largest absolute Gasteiger partial charge is 0.416 e. The molecule has 1 heterocycles. The fraction of sp³-hybridized carbons (Fsp3) is 0.0588. The van der Waals surface area contributed by atoms with Crippen molar-refractivity contribution in [1.29, 1.82) is 5.26 Å². The monoisotopic (exact) mass is 328 g/mol. The highest BCUT2D eigenvalue weighted by molar-refractivity contribution is 5.80. The van der Waals surface area contributed by atoms with Crippen molar-refractivity contribution in [3.63, 3.8) is 0 Å². The maximum Gasteiger partial charge on any atom is 0.416 e. The predicted octanol–water partition coefficient (Wildman–Crippen LogP) is 4.01. The standard InChI is InChI=1S/C17H11F3N4/c18-17(19,20)12-6-4-5-11(9-12)15-14(10-21)23-24(16(15)22)13-7-2-1-3-8-13/h1-9H,22H2. The lowest BCUT2D eigenvalue weighted by molar-refractivity contribution is -0.137. The highest BCUT2D eigenvalue weighted by Gasteiger charge is 2.31. The summed E-state index contributed by atoms with van der Waals surface area (Å²) in [4.78, 5) is 0. The number of alkyl halides is 3. The second kappa shape index (κ2) is 5.74. The number of rotatable bonds is 2. The van der Waals surface area contributed by atoms with Crippen LogP contribution in [0.5, 0.6) is 0 Å². The SMILES string of the molecule is N#Cc1nn(-c2ccccc2)c(N)c1-c1cccc(C(F)(F)F)c1. The van der Waals surface area contributed by atoms with Gasteiger partial charge in [-0.05, 0) is 29.8 Å². The van der Waals surface area contributed by atoms with Gasteiger partial charge < -0.3 is 5.73 Å². The molecule has 2 aromatic carbocycles. The molecule has 0 bridgehead atoms. The Morgan fingerprint density at radius 2 is 1.75 bits per heavy atom. The summed E-state index contributed by atoms with van der Waals surface area (Å²) in [6, 6.07) is 15.4. The van der Waals surface area contributed by atoms with Gasteiger partial charge in [0.1, 0.15) is 11.9 Å². The van der Waals surface area contributed by atoms with Gasteiger partial charge in [0, 0.05) is 0 Å². The lowest BCUT2D eigenvalue weighted by atomic mass is 10.0. The predicted molar refractivity (Wildman–Crippen MR) is 83.1 cm³/mol. The number of nitriles is 1. The van der Waals surface area contributed by atoms with Crippen molar-refractivity contribution in [1.82, 2.24) is 9.78 Å². The van der Waals surface area contributed by atoms with Crippen molar-refractivity contribution >= 4 is 5.82 Å². The van der Waals surface area contributed by atoms with E-state index in [9.17, 15) is 18.4 Å². The summed E-state index contributed by atoms with van der Waals surface area (Å²) in [6.07, 6.45) is -4.48. The van der Waals surface area contributed by atoms with E-state index >= 15 is 0 Å². The zero-order valence-electron chi connectivity index (χ0n) is 12.2. The topological polar surface area (TPSA) is 67.6 Å². The Bertz CT molecular complexity index is 921. The third-order valence-electron chi connectivity index (χ3n) is 3.51. The Kier molecular flexibility index (Phi) is 3.73. The van der Waals surface area contributed by atoms with Crippen molar-refractivity contribution in [3.8, 4) is 22.9 Å². The van der Waals surface area contributed by atoms with Crippen LogP contribution in [-0.2, 0) is 6.18 Å². The lowest BCUT2D eigenvalue weighted by Gasteiger charge is -2.09. The number of nitrogen functional groups attached to an aromatic ring is 1. The summed E-state index contributed by atoms with van der Waals surface area (Å²) in [7, 11) is 0. The van der Waals surface area contributed by atoms with Crippen LogP contribution in [0, 0.1) is 11.3 Å². The normalized spacial score (nSPS) is 11.2. The van der Waals surface area contributed by atoms with Crippen LogP contribution in [0.15, 0.2) is 54.6 Å². The number of aromatic nitrogens is 2. The van der Waals surface area contributed by atoms with Crippen LogP contribution in [0.2, 0.25) is 0 Å². The number of para-hydroxylation sites is 1. The van der Waals surface area contributed by atoms with E-state index < -0.39 is 11.7 Å². The first-order valence-corrected chi connectivity index (χ1v) is 6.93. The highest BCUT2D eigenvalue weighted by Crippen LogP contribution is 2.35. The quantitative estimate of drug-likeness (QED) is 0.773. The minimum atomic E-state index is -4.48. The fourth-order valence-corrected chi connectivity index (χ4v) is 2.41. The van der Waals surface area contributed by atoms with Gasteiger partial charge in [-0.15, -0.1) is 0 Å². The molecule has 0 aliphatic heterocycles. The Labute approximate surface area is 135 Å². The lowest BCUT2D eigenvalue weighted by Crippen LogP contribution is -2.05. The second-order valence-corrected chi connectivity index (χ2v) is 5.05. The van der Waals surface area contributed by atoms with Gasteiger partial charge >= 0.3 is 6.18 Å². The smallest absolute Gasteiger partial charge is 0.383 e. The van der Waals surface area contributed by atoms with E-state index in [2.05, 4.69) is 5.10 Å². The molecule has 2 N–H and O–H groups in total. The first kappa shape index (κ1) is 15.6.